The Hall–Kier alpha value is -2.00. The Labute approximate surface area is 259 Å². The van der Waals surface area contributed by atoms with Gasteiger partial charge in [0.05, 0.1) is 12.7 Å². The van der Waals surface area contributed by atoms with E-state index >= 15 is 0 Å². The number of ether oxygens (including phenoxy) is 7. The molecule has 43 heavy (non-hydrogen) atoms. The summed E-state index contributed by atoms with van der Waals surface area (Å²) in [6.07, 6.45) is -7.30. The molecule has 13 heteroatoms. The quantitative estimate of drug-likeness (QED) is 0.203. The van der Waals surface area contributed by atoms with Crippen molar-refractivity contribution in [3.63, 3.8) is 0 Å². The first-order chi connectivity index (χ1) is 20.0. The summed E-state index contributed by atoms with van der Waals surface area (Å²) in [4.78, 5) is 37.7. The normalized spacial score (nSPS) is 31.6. The summed E-state index contributed by atoms with van der Waals surface area (Å²) in [7, 11) is -0.891. The lowest BCUT2D eigenvalue weighted by Crippen LogP contribution is -2.65. The van der Waals surface area contributed by atoms with Crippen molar-refractivity contribution in [3.8, 4) is 0 Å². The third-order valence-corrected chi connectivity index (χ3v) is 13.5. The molecule has 242 valence electrons. The zero-order valence-corrected chi connectivity index (χ0v) is 28.5. The van der Waals surface area contributed by atoms with E-state index in [2.05, 4.69) is 33.9 Å². The van der Waals surface area contributed by atoms with Gasteiger partial charge in [-0.15, -0.1) is 0 Å². The van der Waals surface area contributed by atoms with Crippen molar-refractivity contribution in [2.24, 2.45) is 0 Å². The maximum Gasteiger partial charge on any atom is 0.303 e. The molecular weight excluding hydrogens is 596 g/mol. The Morgan fingerprint density at radius 2 is 1.44 bits per heavy atom. The van der Waals surface area contributed by atoms with Gasteiger partial charge in [-0.3, -0.25) is 14.4 Å². The Morgan fingerprint density at radius 1 is 0.860 bits per heavy atom. The second-order valence-corrected chi connectivity index (χ2v) is 18.2. The molecule has 0 N–H and O–H groups in total. The van der Waals surface area contributed by atoms with Crippen LogP contribution in [-0.4, -0.2) is 94.4 Å². The van der Waals surface area contributed by atoms with Crippen LogP contribution in [0.4, 0.5) is 0 Å². The van der Waals surface area contributed by atoms with E-state index in [1.165, 1.54) is 39.6 Å². The first-order valence-electron chi connectivity index (χ1n) is 14.4. The Balaban J connectivity index is 1.98. The predicted octanol–water partition coefficient (Wildman–Crippen LogP) is 4.47. The molecular formula is C30H46O11SSi. The average molecular weight is 643 g/mol. The summed E-state index contributed by atoms with van der Waals surface area (Å²) in [6, 6.07) is 9.65. The minimum Gasteiger partial charge on any atom is -0.457 e. The van der Waals surface area contributed by atoms with Crippen molar-refractivity contribution in [1.82, 2.24) is 0 Å². The standard InChI is InChI=1S/C30H46O11SSi/c1-17-23(41-43(9,10)30(5,6)7)25(38-19(3)32)26(39-20(4)33)28(36-17)40-24-22(37-18(2)31)16-35-29(27(24)34-8)42-21-14-12-11-13-15-21/h11-15,17,22-29H,16H2,1-10H3/t17-,22+,23+,24+,25+,26-,27+,28+,29+/m1/s1. The Morgan fingerprint density at radius 3 is 1.98 bits per heavy atom. The summed E-state index contributed by atoms with van der Waals surface area (Å²) in [5.41, 5.74) is -0.531. The van der Waals surface area contributed by atoms with E-state index in [0.717, 1.165) is 4.90 Å². The van der Waals surface area contributed by atoms with Gasteiger partial charge in [-0.2, -0.15) is 0 Å². The molecule has 0 aromatic heterocycles. The lowest BCUT2D eigenvalue weighted by atomic mass is 9.98. The molecule has 2 saturated heterocycles. The molecule has 2 aliphatic rings. The van der Waals surface area contributed by atoms with Crippen molar-refractivity contribution in [2.45, 2.75) is 126 Å². The summed E-state index contributed by atoms with van der Waals surface area (Å²) < 4.78 is 48.6. The van der Waals surface area contributed by atoms with Crippen LogP contribution >= 0.6 is 11.8 Å². The molecule has 2 fully saturated rings. The van der Waals surface area contributed by atoms with Crippen LogP contribution in [-0.2, 0) is 52.0 Å². The molecule has 0 radical (unpaired) electrons. The summed E-state index contributed by atoms with van der Waals surface area (Å²) in [5, 5.41) is -0.158. The molecule has 2 aliphatic heterocycles. The van der Waals surface area contributed by atoms with Crippen LogP contribution < -0.4 is 0 Å². The van der Waals surface area contributed by atoms with Crippen LogP contribution in [0.2, 0.25) is 18.1 Å². The van der Waals surface area contributed by atoms with Crippen LogP contribution in [0.3, 0.4) is 0 Å². The van der Waals surface area contributed by atoms with Crippen molar-refractivity contribution >= 4 is 38.0 Å². The van der Waals surface area contributed by atoms with E-state index < -0.39 is 80.7 Å². The van der Waals surface area contributed by atoms with Gasteiger partial charge in [0.1, 0.15) is 23.7 Å². The first-order valence-corrected chi connectivity index (χ1v) is 18.2. The Kier molecular flexibility index (Phi) is 12.3. The van der Waals surface area contributed by atoms with Gasteiger partial charge in [-0.1, -0.05) is 50.7 Å². The van der Waals surface area contributed by atoms with E-state index in [-0.39, 0.29) is 11.6 Å². The number of rotatable bonds is 10. The molecule has 0 saturated carbocycles. The summed E-state index contributed by atoms with van der Waals surface area (Å²) in [6.45, 7) is 16.1. The highest BCUT2D eigenvalue weighted by Gasteiger charge is 2.55. The zero-order chi connectivity index (χ0) is 32.1. The molecule has 2 heterocycles. The molecule has 11 nitrogen and oxygen atoms in total. The Bertz CT molecular complexity index is 1100. The fourth-order valence-corrected chi connectivity index (χ4v) is 7.25. The second kappa shape index (κ2) is 14.9. The van der Waals surface area contributed by atoms with Crippen molar-refractivity contribution < 1.29 is 52.0 Å². The fourth-order valence-electron chi connectivity index (χ4n) is 4.76. The number of esters is 3. The third-order valence-electron chi connectivity index (χ3n) is 7.83. The van der Waals surface area contributed by atoms with Gasteiger partial charge in [-0.25, -0.2) is 0 Å². The van der Waals surface area contributed by atoms with Crippen molar-refractivity contribution in [3.05, 3.63) is 30.3 Å². The lowest BCUT2D eigenvalue weighted by molar-refractivity contribution is -0.329. The zero-order valence-electron chi connectivity index (χ0n) is 26.7. The highest BCUT2D eigenvalue weighted by Crippen LogP contribution is 2.41. The van der Waals surface area contributed by atoms with Crippen LogP contribution in [0.1, 0.15) is 48.5 Å². The van der Waals surface area contributed by atoms with Crippen LogP contribution in [0.15, 0.2) is 35.2 Å². The maximum atomic E-state index is 12.4. The van der Waals surface area contributed by atoms with E-state index in [1.807, 2.05) is 30.3 Å². The minimum atomic E-state index is -2.40. The van der Waals surface area contributed by atoms with Gasteiger partial charge in [0, 0.05) is 32.8 Å². The van der Waals surface area contributed by atoms with Gasteiger partial charge in [0.15, 0.2) is 32.9 Å². The fraction of sp³-hybridized carbons (Fsp3) is 0.700. The number of hydrogen-bond donors (Lipinski definition) is 0. The van der Waals surface area contributed by atoms with Crippen molar-refractivity contribution in [1.29, 1.82) is 0 Å². The van der Waals surface area contributed by atoms with Gasteiger partial charge < -0.3 is 37.6 Å². The average Bonchev–Trinajstić information content (AvgIpc) is 2.89. The molecule has 1 aromatic rings. The molecule has 0 bridgehead atoms. The van der Waals surface area contributed by atoms with E-state index in [0.29, 0.717) is 0 Å². The molecule has 0 unspecified atom stereocenters. The summed E-state index contributed by atoms with van der Waals surface area (Å²) >= 11 is 1.44. The molecule has 0 amide bonds. The number of thioether (sulfide) groups is 1. The molecule has 0 spiro atoms. The topological polar surface area (TPSA) is 125 Å². The van der Waals surface area contributed by atoms with E-state index in [1.54, 1.807) is 6.92 Å². The lowest BCUT2D eigenvalue weighted by Gasteiger charge is -2.50. The highest BCUT2D eigenvalue weighted by atomic mass is 32.2. The molecule has 9 atom stereocenters. The number of carbonyl (C=O) groups is 3. The second-order valence-electron chi connectivity index (χ2n) is 12.3. The monoisotopic (exact) mass is 642 g/mol. The number of carbonyl (C=O) groups excluding carboxylic acids is 3. The predicted molar refractivity (Wildman–Crippen MR) is 161 cm³/mol. The van der Waals surface area contributed by atoms with Crippen LogP contribution in [0.5, 0.6) is 0 Å². The van der Waals surface area contributed by atoms with Gasteiger partial charge in [0.25, 0.3) is 0 Å². The maximum absolute atomic E-state index is 12.4. The highest BCUT2D eigenvalue weighted by molar-refractivity contribution is 7.99. The smallest absolute Gasteiger partial charge is 0.303 e. The molecule has 0 aliphatic carbocycles. The number of methoxy groups -OCH3 is 1. The van der Waals surface area contributed by atoms with Crippen molar-refractivity contribution in [2.75, 3.05) is 13.7 Å². The third kappa shape index (κ3) is 9.25. The van der Waals surface area contributed by atoms with E-state index in [9.17, 15) is 14.4 Å². The SMILES string of the molecule is CO[C@H]1[C@@H](O[C@@H]2O[C@H](C)[C@H](O[Si](C)(C)C(C)(C)C)[C@H](OC(C)=O)[C@H]2OC(C)=O)[C@@H](OC(C)=O)CO[C@H]1Sc1ccccc1. The van der Waals surface area contributed by atoms with Crippen LogP contribution in [0, 0.1) is 0 Å². The molecule has 3 rings (SSSR count). The van der Waals surface area contributed by atoms with Gasteiger partial charge in [-0.05, 0) is 37.2 Å². The first kappa shape index (κ1) is 35.5. The van der Waals surface area contributed by atoms with Gasteiger partial charge >= 0.3 is 17.9 Å². The largest absolute Gasteiger partial charge is 0.457 e. The number of benzene rings is 1. The molecule has 1 aromatic carbocycles. The van der Waals surface area contributed by atoms with Gasteiger partial charge in [0.2, 0.25) is 0 Å². The summed E-state index contributed by atoms with van der Waals surface area (Å²) in [5.74, 6) is -1.72. The van der Waals surface area contributed by atoms with Crippen LogP contribution in [0.25, 0.3) is 0 Å². The minimum absolute atomic E-state index is 0.0274. The number of hydrogen-bond acceptors (Lipinski definition) is 12. The van der Waals surface area contributed by atoms with E-state index in [4.69, 9.17) is 37.6 Å².